The molecule has 1 aromatic carbocycles. The Balaban J connectivity index is 2.09. The smallest absolute Gasteiger partial charge is 0.110 e. The maximum Gasteiger partial charge on any atom is 0.110 e. The van der Waals surface area contributed by atoms with E-state index in [0.29, 0.717) is 0 Å². The molecule has 0 radical (unpaired) electrons. The largest absolute Gasteiger partial charge is 0.391 e. The number of nitrogens with zero attached hydrogens (tertiary/aromatic N) is 2. The van der Waals surface area contributed by atoms with E-state index in [4.69, 9.17) is 4.98 Å². The molecular weight excluding hydrogens is 248 g/mol. The Bertz CT molecular complexity index is 575. The third kappa shape index (κ3) is 2.47. The van der Waals surface area contributed by atoms with Gasteiger partial charge >= 0.3 is 0 Å². The van der Waals surface area contributed by atoms with Gasteiger partial charge in [0, 0.05) is 6.42 Å². The summed E-state index contributed by atoms with van der Waals surface area (Å²) in [5.74, 6) is 1.14. The first-order chi connectivity index (χ1) is 9.81. The third-order valence-electron chi connectivity index (χ3n) is 4.42. The Morgan fingerprint density at radius 2 is 2.00 bits per heavy atom. The Hall–Kier alpha value is -1.35. The molecule has 1 saturated carbocycles. The number of aliphatic hydroxyl groups excluding tert-OH is 1. The number of aromatic nitrogens is 2. The number of fused-ring (bicyclic) bond motifs is 1. The second kappa shape index (κ2) is 5.96. The average Bonchev–Trinajstić information content (AvgIpc) is 2.67. The number of hydrogen-bond acceptors (Lipinski definition) is 2. The SMILES string of the molecule is CCCc1nc2ccccc2n1C1CCCCCC1O. The van der Waals surface area contributed by atoms with E-state index in [-0.39, 0.29) is 12.1 Å². The van der Waals surface area contributed by atoms with Gasteiger partial charge in [0.15, 0.2) is 0 Å². The molecule has 3 heteroatoms. The number of hydrogen-bond donors (Lipinski definition) is 1. The zero-order valence-corrected chi connectivity index (χ0v) is 12.3. The highest BCUT2D eigenvalue weighted by Gasteiger charge is 2.26. The minimum Gasteiger partial charge on any atom is -0.391 e. The van der Waals surface area contributed by atoms with Crippen LogP contribution in [0.5, 0.6) is 0 Å². The molecule has 0 saturated heterocycles. The zero-order valence-electron chi connectivity index (χ0n) is 12.3. The van der Waals surface area contributed by atoms with Crippen molar-refractivity contribution in [2.24, 2.45) is 0 Å². The molecule has 0 amide bonds. The van der Waals surface area contributed by atoms with Crippen LogP contribution in [0.2, 0.25) is 0 Å². The van der Waals surface area contributed by atoms with Gasteiger partial charge in [0.05, 0.1) is 23.2 Å². The number of aliphatic hydroxyl groups is 1. The van der Waals surface area contributed by atoms with Gasteiger partial charge in [-0.05, 0) is 31.4 Å². The number of benzene rings is 1. The molecule has 108 valence electrons. The van der Waals surface area contributed by atoms with Crippen LogP contribution < -0.4 is 0 Å². The molecule has 1 fully saturated rings. The fourth-order valence-electron chi connectivity index (χ4n) is 3.43. The van der Waals surface area contributed by atoms with Crippen molar-refractivity contribution < 1.29 is 5.11 Å². The van der Waals surface area contributed by atoms with Gasteiger partial charge < -0.3 is 9.67 Å². The lowest BCUT2D eigenvalue weighted by Crippen LogP contribution is -2.24. The van der Waals surface area contributed by atoms with E-state index in [0.717, 1.165) is 43.4 Å². The second-order valence-electron chi connectivity index (χ2n) is 5.91. The molecule has 3 nitrogen and oxygen atoms in total. The Labute approximate surface area is 120 Å². The maximum absolute atomic E-state index is 10.5. The molecule has 2 atom stereocenters. The van der Waals surface area contributed by atoms with Gasteiger partial charge in [0.25, 0.3) is 0 Å². The van der Waals surface area contributed by atoms with Crippen LogP contribution in [0.25, 0.3) is 11.0 Å². The van der Waals surface area contributed by atoms with Crippen LogP contribution in [0.3, 0.4) is 0 Å². The normalized spacial score (nSPS) is 23.9. The second-order valence-corrected chi connectivity index (χ2v) is 5.91. The molecular formula is C17H24N2O. The molecule has 0 bridgehead atoms. The van der Waals surface area contributed by atoms with E-state index in [2.05, 4.69) is 29.7 Å². The molecule has 1 aliphatic rings. The molecule has 20 heavy (non-hydrogen) atoms. The number of para-hydroxylation sites is 2. The summed E-state index contributed by atoms with van der Waals surface area (Å²) in [4.78, 5) is 4.79. The van der Waals surface area contributed by atoms with Gasteiger partial charge in [-0.15, -0.1) is 0 Å². The minimum atomic E-state index is -0.231. The summed E-state index contributed by atoms with van der Waals surface area (Å²) in [5, 5.41) is 10.5. The van der Waals surface area contributed by atoms with Gasteiger partial charge in [-0.1, -0.05) is 38.3 Å². The molecule has 2 unspecified atom stereocenters. The van der Waals surface area contributed by atoms with Crippen molar-refractivity contribution in [1.29, 1.82) is 0 Å². The predicted molar refractivity (Wildman–Crippen MR) is 81.9 cm³/mol. The highest BCUT2D eigenvalue weighted by Crippen LogP contribution is 2.32. The first kappa shape index (κ1) is 13.6. The molecule has 1 aromatic heterocycles. The number of aryl methyl sites for hydroxylation is 1. The lowest BCUT2D eigenvalue weighted by molar-refractivity contribution is 0.106. The van der Waals surface area contributed by atoms with E-state index >= 15 is 0 Å². The van der Waals surface area contributed by atoms with Crippen molar-refractivity contribution in [3.05, 3.63) is 30.1 Å². The van der Waals surface area contributed by atoms with Crippen molar-refractivity contribution in [3.8, 4) is 0 Å². The lowest BCUT2D eigenvalue weighted by atomic mass is 10.1. The summed E-state index contributed by atoms with van der Waals surface area (Å²) in [7, 11) is 0. The van der Waals surface area contributed by atoms with E-state index in [1.165, 1.54) is 18.4 Å². The molecule has 0 spiro atoms. The fourth-order valence-corrected chi connectivity index (χ4v) is 3.43. The number of imidazole rings is 1. The molecule has 1 aliphatic carbocycles. The molecule has 0 aliphatic heterocycles. The maximum atomic E-state index is 10.5. The van der Waals surface area contributed by atoms with Crippen molar-refractivity contribution in [2.45, 2.75) is 64.0 Å². The van der Waals surface area contributed by atoms with Crippen molar-refractivity contribution in [3.63, 3.8) is 0 Å². The summed E-state index contributed by atoms with van der Waals surface area (Å²) in [5.41, 5.74) is 2.24. The minimum absolute atomic E-state index is 0.200. The van der Waals surface area contributed by atoms with Crippen molar-refractivity contribution >= 4 is 11.0 Å². The Kier molecular flexibility index (Phi) is 4.06. The summed E-state index contributed by atoms with van der Waals surface area (Å²) in [6.45, 7) is 2.19. The summed E-state index contributed by atoms with van der Waals surface area (Å²) < 4.78 is 2.33. The van der Waals surface area contributed by atoms with Crippen LogP contribution in [-0.4, -0.2) is 20.8 Å². The van der Waals surface area contributed by atoms with Gasteiger partial charge in [-0.2, -0.15) is 0 Å². The van der Waals surface area contributed by atoms with Crippen LogP contribution in [0.15, 0.2) is 24.3 Å². The quantitative estimate of drug-likeness (QED) is 0.862. The van der Waals surface area contributed by atoms with Gasteiger partial charge in [-0.25, -0.2) is 4.98 Å². The molecule has 1 N–H and O–H groups in total. The molecule has 3 rings (SSSR count). The monoisotopic (exact) mass is 272 g/mol. The fraction of sp³-hybridized carbons (Fsp3) is 0.588. The van der Waals surface area contributed by atoms with Gasteiger partial charge in [0.1, 0.15) is 5.82 Å². The summed E-state index contributed by atoms with van der Waals surface area (Å²) in [6, 6.07) is 8.53. The summed E-state index contributed by atoms with van der Waals surface area (Å²) >= 11 is 0. The Morgan fingerprint density at radius 1 is 1.20 bits per heavy atom. The first-order valence-electron chi connectivity index (χ1n) is 7.95. The lowest BCUT2D eigenvalue weighted by Gasteiger charge is -2.24. The highest BCUT2D eigenvalue weighted by atomic mass is 16.3. The Morgan fingerprint density at radius 3 is 2.85 bits per heavy atom. The average molecular weight is 272 g/mol. The van der Waals surface area contributed by atoms with E-state index in [9.17, 15) is 5.11 Å². The van der Waals surface area contributed by atoms with Crippen LogP contribution >= 0.6 is 0 Å². The van der Waals surface area contributed by atoms with E-state index in [1.54, 1.807) is 0 Å². The number of rotatable bonds is 3. The van der Waals surface area contributed by atoms with Crippen molar-refractivity contribution in [1.82, 2.24) is 9.55 Å². The summed E-state index contributed by atoms with van der Waals surface area (Å²) in [6.07, 6.45) is 7.42. The van der Waals surface area contributed by atoms with Crippen LogP contribution in [0.1, 0.15) is 57.3 Å². The molecule has 1 heterocycles. The third-order valence-corrected chi connectivity index (χ3v) is 4.42. The molecule has 2 aromatic rings. The van der Waals surface area contributed by atoms with Crippen molar-refractivity contribution in [2.75, 3.05) is 0 Å². The zero-order chi connectivity index (χ0) is 13.9. The van der Waals surface area contributed by atoms with E-state index < -0.39 is 0 Å². The van der Waals surface area contributed by atoms with Gasteiger partial charge in [-0.3, -0.25) is 0 Å². The predicted octanol–water partition coefficient (Wildman–Crippen LogP) is 3.85. The van der Waals surface area contributed by atoms with E-state index in [1.807, 2.05) is 6.07 Å². The van der Waals surface area contributed by atoms with Gasteiger partial charge in [0.2, 0.25) is 0 Å². The van der Waals surface area contributed by atoms with Crippen LogP contribution in [-0.2, 0) is 6.42 Å². The topological polar surface area (TPSA) is 38.0 Å². The van der Waals surface area contributed by atoms with Crippen LogP contribution in [0.4, 0.5) is 0 Å². The van der Waals surface area contributed by atoms with Crippen LogP contribution in [0, 0.1) is 0 Å². The standard InChI is InChI=1S/C17H24N2O/c1-2-8-17-18-13-9-6-7-10-14(13)19(17)15-11-4-3-5-12-16(15)20/h6-7,9-10,15-16,20H,2-5,8,11-12H2,1H3. The highest BCUT2D eigenvalue weighted by molar-refractivity contribution is 5.76. The first-order valence-corrected chi connectivity index (χ1v) is 7.95.